The number of hydrogen-bond donors (Lipinski definition) is 1. The Kier molecular flexibility index (Phi) is 6.00. The molecule has 6 heteroatoms. The maximum atomic E-state index is 11.2. The van der Waals surface area contributed by atoms with Crippen LogP contribution in [0.15, 0.2) is 53.6 Å². The Balaban J connectivity index is 1.63. The maximum Gasteiger partial charge on any atom is 0.224 e. The van der Waals surface area contributed by atoms with E-state index in [0.717, 1.165) is 47.2 Å². The standard InChI is InChI=1S/C25H26O6/c1-15(13-26)17-6-9-19-20-11-23(29-3)24(12-22(20)31-25(27)21(19)10-17)30-14-16-4-7-18(28-2)8-5-16/h4-5,7-8,10-13,15,25,27H,6,9,14H2,1-3H3. The van der Waals surface area contributed by atoms with Crippen LogP contribution in [0.25, 0.3) is 5.57 Å². The number of carbonyl (C=O) groups excluding carboxylic acids is 1. The molecule has 0 saturated carbocycles. The molecular weight excluding hydrogens is 396 g/mol. The van der Waals surface area contributed by atoms with E-state index in [4.69, 9.17) is 18.9 Å². The minimum absolute atomic E-state index is 0.175. The molecule has 0 aromatic heterocycles. The number of allylic oxidation sites excluding steroid dienone is 2. The van der Waals surface area contributed by atoms with Crippen LogP contribution in [-0.4, -0.2) is 31.9 Å². The molecule has 1 heterocycles. The van der Waals surface area contributed by atoms with Crippen molar-refractivity contribution in [1.82, 2.24) is 0 Å². The fourth-order valence-corrected chi connectivity index (χ4v) is 3.94. The number of hydrogen-bond acceptors (Lipinski definition) is 6. The minimum Gasteiger partial charge on any atom is -0.497 e. The van der Waals surface area contributed by atoms with Gasteiger partial charge in [0.05, 0.1) is 14.2 Å². The Morgan fingerprint density at radius 2 is 1.90 bits per heavy atom. The molecule has 31 heavy (non-hydrogen) atoms. The first kappa shape index (κ1) is 21.0. The van der Waals surface area contributed by atoms with Crippen LogP contribution in [0.1, 0.15) is 30.9 Å². The molecule has 2 aromatic rings. The zero-order chi connectivity index (χ0) is 22.0. The van der Waals surface area contributed by atoms with Gasteiger partial charge >= 0.3 is 0 Å². The van der Waals surface area contributed by atoms with Crippen molar-refractivity contribution in [2.75, 3.05) is 14.2 Å². The number of rotatable bonds is 7. The Bertz CT molecular complexity index is 1030. The SMILES string of the molecule is COc1ccc(COc2cc3c(cc2OC)C2=C(C=C(C(C)C=O)CC2)C(O)O3)cc1. The lowest BCUT2D eigenvalue weighted by atomic mass is 9.82. The molecule has 0 radical (unpaired) electrons. The topological polar surface area (TPSA) is 74.2 Å². The summed E-state index contributed by atoms with van der Waals surface area (Å²) in [4.78, 5) is 11.2. The molecule has 1 aliphatic heterocycles. The summed E-state index contributed by atoms with van der Waals surface area (Å²) in [6.45, 7) is 2.22. The lowest BCUT2D eigenvalue weighted by Crippen LogP contribution is -2.25. The van der Waals surface area contributed by atoms with Gasteiger partial charge in [-0.3, -0.25) is 0 Å². The number of aliphatic hydroxyl groups excluding tert-OH is 1. The van der Waals surface area contributed by atoms with Gasteiger partial charge in [-0.15, -0.1) is 0 Å². The maximum absolute atomic E-state index is 11.2. The first-order valence-corrected chi connectivity index (χ1v) is 10.3. The number of benzene rings is 2. The Labute approximate surface area is 181 Å². The first-order chi connectivity index (χ1) is 15.0. The Morgan fingerprint density at radius 3 is 2.58 bits per heavy atom. The van der Waals surface area contributed by atoms with Crippen molar-refractivity contribution >= 4 is 11.9 Å². The molecule has 2 aromatic carbocycles. The summed E-state index contributed by atoms with van der Waals surface area (Å²) in [6, 6.07) is 11.3. The van der Waals surface area contributed by atoms with E-state index in [2.05, 4.69) is 0 Å². The van der Waals surface area contributed by atoms with Gasteiger partial charge in [0.25, 0.3) is 0 Å². The zero-order valence-electron chi connectivity index (χ0n) is 17.9. The van der Waals surface area contributed by atoms with E-state index in [1.54, 1.807) is 20.3 Å². The van der Waals surface area contributed by atoms with E-state index in [1.807, 2.05) is 43.3 Å². The van der Waals surface area contributed by atoms with Gasteiger partial charge in [0, 0.05) is 23.1 Å². The summed E-state index contributed by atoms with van der Waals surface area (Å²) in [7, 11) is 3.23. The van der Waals surface area contributed by atoms with Gasteiger partial charge in [0.15, 0.2) is 11.5 Å². The van der Waals surface area contributed by atoms with Crippen molar-refractivity contribution in [2.24, 2.45) is 5.92 Å². The lowest BCUT2D eigenvalue weighted by Gasteiger charge is -2.31. The van der Waals surface area contributed by atoms with Crippen LogP contribution < -0.4 is 18.9 Å². The fourth-order valence-electron chi connectivity index (χ4n) is 3.94. The average Bonchev–Trinajstić information content (AvgIpc) is 2.81. The van der Waals surface area contributed by atoms with Crippen LogP contribution in [0.3, 0.4) is 0 Å². The van der Waals surface area contributed by atoms with E-state index < -0.39 is 6.29 Å². The smallest absolute Gasteiger partial charge is 0.224 e. The van der Waals surface area contributed by atoms with Gasteiger partial charge in [-0.05, 0) is 42.2 Å². The van der Waals surface area contributed by atoms with Gasteiger partial charge in [-0.2, -0.15) is 0 Å². The van der Waals surface area contributed by atoms with Crippen molar-refractivity contribution in [3.05, 3.63) is 64.7 Å². The van der Waals surface area contributed by atoms with Gasteiger partial charge in [-0.25, -0.2) is 0 Å². The fraction of sp³-hybridized carbons (Fsp3) is 0.320. The molecule has 0 saturated heterocycles. The van der Waals surface area contributed by atoms with E-state index in [0.29, 0.717) is 29.4 Å². The molecule has 1 N–H and O–H groups in total. The zero-order valence-corrected chi connectivity index (χ0v) is 17.9. The van der Waals surface area contributed by atoms with E-state index in [1.165, 1.54) is 0 Å². The third-order valence-corrected chi connectivity index (χ3v) is 5.79. The quantitative estimate of drug-likeness (QED) is 0.671. The van der Waals surface area contributed by atoms with Crippen LogP contribution >= 0.6 is 0 Å². The van der Waals surface area contributed by atoms with E-state index in [9.17, 15) is 9.90 Å². The normalized spacial score (nSPS) is 18.2. The highest BCUT2D eigenvalue weighted by molar-refractivity contribution is 5.81. The largest absolute Gasteiger partial charge is 0.497 e. The van der Waals surface area contributed by atoms with Crippen LogP contribution in [-0.2, 0) is 11.4 Å². The number of carbonyl (C=O) groups is 1. The number of methoxy groups -OCH3 is 2. The van der Waals surface area contributed by atoms with Crippen molar-refractivity contribution in [3.63, 3.8) is 0 Å². The van der Waals surface area contributed by atoms with Gasteiger partial charge in [0.1, 0.15) is 24.4 Å². The van der Waals surface area contributed by atoms with Crippen LogP contribution in [0, 0.1) is 5.92 Å². The molecule has 2 unspecified atom stereocenters. The lowest BCUT2D eigenvalue weighted by molar-refractivity contribution is -0.109. The summed E-state index contributed by atoms with van der Waals surface area (Å²) in [6.07, 6.45) is 3.23. The van der Waals surface area contributed by atoms with Crippen LogP contribution in [0.2, 0.25) is 0 Å². The highest BCUT2D eigenvalue weighted by atomic mass is 16.6. The average molecular weight is 422 g/mol. The number of fused-ring (bicyclic) bond motifs is 2. The van der Waals surface area contributed by atoms with Crippen LogP contribution in [0.5, 0.6) is 23.0 Å². The highest BCUT2D eigenvalue weighted by Gasteiger charge is 2.31. The second-order valence-electron chi connectivity index (χ2n) is 7.68. The van der Waals surface area contributed by atoms with Gasteiger partial charge < -0.3 is 28.8 Å². The molecule has 4 rings (SSSR count). The molecule has 0 fully saturated rings. The van der Waals surface area contributed by atoms with Gasteiger partial charge in [0.2, 0.25) is 6.29 Å². The monoisotopic (exact) mass is 422 g/mol. The number of ether oxygens (including phenoxy) is 4. The molecule has 6 nitrogen and oxygen atoms in total. The predicted molar refractivity (Wildman–Crippen MR) is 116 cm³/mol. The van der Waals surface area contributed by atoms with E-state index in [-0.39, 0.29) is 5.92 Å². The molecule has 0 amide bonds. The van der Waals surface area contributed by atoms with E-state index >= 15 is 0 Å². The molecule has 162 valence electrons. The summed E-state index contributed by atoms with van der Waals surface area (Å²) in [5.41, 5.74) is 4.59. The first-order valence-electron chi connectivity index (χ1n) is 10.3. The molecule has 0 bridgehead atoms. The number of aliphatic hydroxyl groups is 1. The van der Waals surface area contributed by atoms with Crippen molar-refractivity contribution in [2.45, 2.75) is 32.7 Å². The van der Waals surface area contributed by atoms with Crippen molar-refractivity contribution in [1.29, 1.82) is 0 Å². The van der Waals surface area contributed by atoms with Crippen molar-refractivity contribution in [3.8, 4) is 23.0 Å². The molecular formula is C25H26O6. The third kappa shape index (κ3) is 4.16. The summed E-state index contributed by atoms with van der Waals surface area (Å²) in [5.74, 6) is 2.29. The summed E-state index contributed by atoms with van der Waals surface area (Å²) >= 11 is 0. The third-order valence-electron chi connectivity index (χ3n) is 5.79. The summed E-state index contributed by atoms with van der Waals surface area (Å²) < 4.78 is 22.5. The minimum atomic E-state index is -1.08. The molecule has 2 aliphatic rings. The summed E-state index contributed by atoms with van der Waals surface area (Å²) in [5, 5.41) is 10.6. The predicted octanol–water partition coefficient (Wildman–Crippen LogP) is 4.30. The number of aldehydes is 1. The second-order valence-corrected chi connectivity index (χ2v) is 7.68. The molecule has 0 spiro atoms. The Hall–Kier alpha value is -3.25. The second kappa shape index (κ2) is 8.86. The van der Waals surface area contributed by atoms with Gasteiger partial charge in [-0.1, -0.05) is 30.7 Å². The van der Waals surface area contributed by atoms with Crippen LogP contribution in [0.4, 0.5) is 0 Å². The molecule has 2 atom stereocenters. The highest BCUT2D eigenvalue weighted by Crippen LogP contribution is 2.47. The Morgan fingerprint density at radius 1 is 1.13 bits per heavy atom. The van der Waals surface area contributed by atoms with Crippen molar-refractivity contribution < 1.29 is 28.8 Å². The molecule has 1 aliphatic carbocycles.